The van der Waals surface area contributed by atoms with E-state index in [2.05, 4.69) is 14.5 Å². The zero-order valence-corrected chi connectivity index (χ0v) is 11.1. The van der Waals surface area contributed by atoms with Gasteiger partial charge in [0.25, 0.3) is 0 Å². The van der Waals surface area contributed by atoms with E-state index in [4.69, 9.17) is 0 Å². The fourth-order valence-corrected chi connectivity index (χ4v) is 1.51. The predicted octanol–water partition coefficient (Wildman–Crippen LogP) is 2.30. The highest BCUT2D eigenvalue weighted by Crippen LogP contribution is 2.29. The van der Waals surface area contributed by atoms with Crippen molar-refractivity contribution in [1.82, 2.24) is 4.98 Å². The molecule has 1 aromatic rings. The van der Waals surface area contributed by atoms with Crippen LogP contribution in [-0.4, -0.2) is 28.8 Å². The average molecular weight is 308 g/mol. The summed E-state index contributed by atoms with van der Waals surface area (Å²) < 4.78 is 44.7. The maximum absolute atomic E-state index is 12.2. The summed E-state index contributed by atoms with van der Waals surface area (Å²) in [6.07, 6.45) is -5.49. The second-order valence-electron chi connectivity index (χ2n) is 3.88. The molecule has 0 amide bonds. The first-order chi connectivity index (χ1) is 9.64. The molecule has 0 saturated carbocycles. The molecule has 21 heavy (non-hydrogen) atoms. The second-order valence-corrected chi connectivity index (χ2v) is 3.88. The Morgan fingerprint density at radius 1 is 1.48 bits per heavy atom. The molecule has 7 nitrogen and oxygen atoms in total. The van der Waals surface area contributed by atoms with Crippen molar-refractivity contribution in [2.24, 2.45) is 0 Å². The second kappa shape index (κ2) is 6.37. The Hall–Kier alpha value is -2.39. The van der Waals surface area contributed by atoms with Gasteiger partial charge in [0, 0.05) is 10.5 Å². The van der Waals surface area contributed by atoms with Gasteiger partial charge in [-0.25, -0.2) is 0 Å². The highest BCUT2D eigenvalue weighted by molar-refractivity contribution is 5.74. The molecular formula is C11H11F3N2O5. The number of esters is 1. The van der Waals surface area contributed by atoms with E-state index < -0.39 is 35.4 Å². The van der Waals surface area contributed by atoms with Crippen LogP contribution >= 0.6 is 0 Å². The van der Waals surface area contributed by atoms with Crippen molar-refractivity contribution < 1.29 is 32.4 Å². The molecule has 1 aromatic heterocycles. The lowest BCUT2D eigenvalue weighted by Crippen LogP contribution is -2.19. The standard InChI is InChI=1S/C11H11F3N2O5/c1-3-20-8(17)5-7-4-6(2)10(21-11(12,13)14)15-9(7)16(18)19/h4H,3,5H2,1-2H3. The normalized spacial score (nSPS) is 11.1. The Morgan fingerprint density at radius 2 is 2.10 bits per heavy atom. The lowest BCUT2D eigenvalue weighted by Gasteiger charge is -2.09. The van der Waals surface area contributed by atoms with Crippen LogP contribution in [0.5, 0.6) is 5.88 Å². The monoisotopic (exact) mass is 308 g/mol. The molecular weight excluding hydrogens is 297 g/mol. The SMILES string of the molecule is CCOC(=O)Cc1cc(C)c(OC(F)(F)F)nc1[N+](=O)[O-]. The number of alkyl halides is 3. The number of nitro groups is 1. The van der Waals surface area contributed by atoms with Crippen LogP contribution in [0, 0.1) is 17.0 Å². The van der Waals surface area contributed by atoms with E-state index in [0.717, 1.165) is 6.07 Å². The molecule has 0 aliphatic carbocycles. The van der Waals surface area contributed by atoms with Gasteiger partial charge in [-0.1, -0.05) is 0 Å². The largest absolute Gasteiger partial charge is 0.575 e. The summed E-state index contributed by atoms with van der Waals surface area (Å²) in [5, 5.41) is 10.8. The Balaban J connectivity index is 3.18. The minimum Gasteiger partial charge on any atom is -0.466 e. The number of aromatic nitrogens is 1. The van der Waals surface area contributed by atoms with Crippen LogP contribution in [0.15, 0.2) is 6.07 Å². The molecule has 0 atom stereocenters. The van der Waals surface area contributed by atoms with Gasteiger partial charge in [-0.15, -0.1) is 13.2 Å². The molecule has 10 heteroatoms. The fourth-order valence-electron chi connectivity index (χ4n) is 1.51. The van der Waals surface area contributed by atoms with Gasteiger partial charge < -0.3 is 19.6 Å². The van der Waals surface area contributed by atoms with Gasteiger partial charge in [-0.05, 0) is 24.8 Å². The molecule has 0 radical (unpaired) electrons. The van der Waals surface area contributed by atoms with E-state index in [-0.39, 0.29) is 17.7 Å². The molecule has 0 spiro atoms. The zero-order chi connectivity index (χ0) is 16.2. The fraction of sp³-hybridized carbons (Fsp3) is 0.455. The number of pyridine rings is 1. The number of aryl methyl sites for hydroxylation is 1. The van der Waals surface area contributed by atoms with E-state index in [0.29, 0.717) is 0 Å². The number of hydrogen-bond acceptors (Lipinski definition) is 6. The van der Waals surface area contributed by atoms with Crippen molar-refractivity contribution in [2.45, 2.75) is 26.6 Å². The van der Waals surface area contributed by atoms with Gasteiger partial charge in [0.1, 0.15) is 0 Å². The molecule has 0 unspecified atom stereocenters. The number of halogens is 3. The van der Waals surface area contributed by atoms with Crippen molar-refractivity contribution in [2.75, 3.05) is 6.61 Å². The van der Waals surface area contributed by atoms with Crippen molar-refractivity contribution in [3.8, 4) is 5.88 Å². The van der Waals surface area contributed by atoms with E-state index in [1.165, 1.54) is 6.92 Å². The summed E-state index contributed by atoms with van der Waals surface area (Å²) in [7, 11) is 0. The maximum Gasteiger partial charge on any atom is 0.575 e. The van der Waals surface area contributed by atoms with Gasteiger partial charge in [0.05, 0.1) is 18.6 Å². The summed E-state index contributed by atoms with van der Waals surface area (Å²) in [5.41, 5.74) is -0.234. The van der Waals surface area contributed by atoms with E-state index in [9.17, 15) is 28.1 Å². The van der Waals surface area contributed by atoms with E-state index >= 15 is 0 Å². The lowest BCUT2D eigenvalue weighted by molar-refractivity contribution is -0.390. The third-order valence-corrected chi connectivity index (χ3v) is 2.25. The number of carbonyl (C=O) groups is 1. The highest BCUT2D eigenvalue weighted by atomic mass is 19.4. The van der Waals surface area contributed by atoms with Crippen molar-refractivity contribution in [3.63, 3.8) is 0 Å². The summed E-state index contributed by atoms with van der Waals surface area (Å²) >= 11 is 0. The van der Waals surface area contributed by atoms with Gasteiger partial charge in [-0.2, -0.15) is 0 Å². The molecule has 0 aromatic carbocycles. The summed E-state index contributed by atoms with van der Waals surface area (Å²) in [5.74, 6) is -2.55. The van der Waals surface area contributed by atoms with Crippen LogP contribution in [0.4, 0.5) is 19.0 Å². The number of rotatable bonds is 5. The number of carbonyl (C=O) groups excluding carboxylic acids is 1. The Labute approximate surface area is 116 Å². The van der Waals surface area contributed by atoms with Crippen molar-refractivity contribution in [3.05, 3.63) is 27.3 Å². The molecule has 0 aliphatic rings. The average Bonchev–Trinajstić information content (AvgIpc) is 2.30. The Morgan fingerprint density at radius 3 is 2.57 bits per heavy atom. The molecule has 116 valence electrons. The summed E-state index contributed by atoms with van der Waals surface area (Å²) in [6.45, 7) is 2.86. The molecule has 0 bridgehead atoms. The minimum atomic E-state index is -5.02. The zero-order valence-electron chi connectivity index (χ0n) is 11.1. The Bertz CT molecular complexity index is 560. The van der Waals surface area contributed by atoms with Gasteiger partial charge >= 0.3 is 24.0 Å². The first-order valence-electron chi connectivity index (χ1n) is 5.70. The molecule has 1 heterocycles. The van der Waals surface area contributed by atoms with Crippen molar-refractivity contribution >= 4 is 11.8 Å². The topological polar surface area (TPSA) is 91.6 Å². The summed E-state index contributed by atoms with van der Waals surface area (Å²) in [4.78, 5) is 24.4. The van der Waals surface area contributed by atoms with Crippen LogP contribution in [-0.2, 0) is 16.0 Å². The molecule has 0 aliphatic heterocycles. The molecule has 0 saturated heterocycles. The molecule has 1 rings (SSSR count). The molecule has 0 N–H and O–H groups in total. The van der Waals surface area contributed by atoms with Crippen molar-refractivity contribution in [1.29, 1.82) is 0 Å². The van der Waals surface area contributed by atoms with E-state index in [1.807, 2.05) is 0 Å². The first kappa shape index (κ1) is 16.7. The van der Waals surface area contributed by atoms with Gasteiger partial charge in [0.2, 0.25) is 0 Å². The molecule has 0 fully saturated rings. The quantitative estimate of drug-likeness (QED) is 0.471. The van der Waals surface area contributed by atoms with Gasteiger partial charge in [0.15, 0.2) is 0 Å². The minimum absolute atomic E-state index is 0.0777. The van der Waals surface area contributed by atoms with E-state index in [1.54, 1.807) is 6.92 Å². The van der Waals surface area contributed by atoms with Crippen LogP contribution in [0.3, 0.4) is 0 Å². The highest BCUT2D eigenvalue weighted by Gasteiger charge is 2.36. The van der Waals surface area contributed by atoms with Crippen LogP contribution in [0.25, 0.3) is 0 Å². The van der Waals surface area contributed by atoms with Crippen LogP contribution in [0.1, 0.15) is 18.1 Å². The predicted molar refractivity (Wildman–Crippen MR) is 62.6 cm³/mol. The number of nitrogens with zero attached hydrogens (tertiary/aromatic N) is 2. The van der Waals surface area contributed by atoms with Crippen LogP contribution < -0.4 is 4.74 Å². The smallest absolute Gasteiger partial charge is 0.466 e. The lowest BCUT2D eigenvalue weighted by atomic mass is 10.1. The number of ether oxygens (including phenoxy) is 2. The summed E-state index contributed by atoms with van der Waals surface area (Å²) in [6, 6.07) is 1.04. The third kappa shape index (κ3) is 4.89. The maximum atomic E-state index is 12.2. The number of hydrogen-bond donors (Lipinski definition) is 0. The first-order valence-corrected chi connectivity index (χ1v) is 5.70. The van der Waals surface area contributed by atoms with Gasteiger partial charge in [-0.3, -0.25) is 4.79 Å². The third-order valence-electron chi connectivity index (χ3n) is 2.25. The van der Waals surface area contributed by atoms with Crippen LogP contribution in [0.2, 0.25) is 0 Å². The Kier molecular flexibility index (Phi) is 5.06.